The standard InChI is InChI=1S/C30H22F4N4O2/c31-27-15-10-23(18-26(27)21-4-2-1-3-5-21)29(39)35-17-16-20-6-8-22(9-7-20)28-36-19-38(37-28)24-11-13-25(14-12-24)40-30(32,33)34/h1-15,18-19H,16-17H2,(H,35,39). The second-order valence-electron chi connectivity index (χ2n) is 8.82. The predicted molar refractivity (Wildman–Crippen MR) is 141 cm³/mol. The Bertz CT molecular complexity index is 1600. The molecule has 6 nitrogen and oxygen atoms in total. The van der Waals surface area contributed by atoms with Crippen molar-refractivity contribution in [1.29, 1.82) is 0 Å². The number of carbonyl (C=O) groups is 1. The van der Waals surface area contributed by atoms with Crippen LogP contribution in [0, 0.1) is 5.82 Å². The van der Waals surface area contributed by atoms with E-state index >= 15 is 0 Å². The van der Waals surface area contributed by atoms with Crippen molar-refractivity contribution in [3.63, 3.8) is 0 Å². The van der Waals surface area contributed by atoms with Crippen LogP contribution >= 0.6 is 0 Å². The summed E-state index contributed by atoms with van der Waals surface area (Å²) in [5, 5.41) is 7.27. The molecule has 0 atom stereocenters. The molecule has 0 aliphatic heterocycles. The van der Waals surface area contributed by atoms with Crippen molar-refractivity contribution in [3.05, 3.63) is 120 Å². The van der Waals surface area contributed by atoms with Crippen LogP contribution in [0.3, 0.4) is 0 Å². The fraction of sp³-hybridized carbons (Fsp3) is 0.100. The highest BCUT2D eigenvalue weighted by Crippen LogP contribution is 2.25. The van der Waals surface area contributed by atoms with Crippen LogP contribution in [-0.2, 0) is 6.42 Å². The summed E-state index contributed by atoms with van der Waals surface area (Å²) in [7, 11) is 0. The molecule has 0 aliphatic rings. The SMILES string of the molecule is O=C(NCCc1ccc(-c2ncn(-c3ccc(OC(F)(F)F)cc3)n2)cc1)c1ccc(F)c(-c2ccccc2)c1. The van der Waals surface area contributed by atoms with Crippen LogP contribution in [0.4, 0.5) is 17.6 Å². The number of alkyl halides is 3. The van der Waals surface area contributed by atoms with Gasteiger partial charge in [-0.1, -0.05) is 54.6 Å². The molecule has 0 radical (unpaired) electrons. The quantitative estimate of drug-likeness (QED) is 0.222. The first-order valence-electron chi connectivity index (χ1n) is 12.3. The Morgan fingerprint density at radius 2 is 1.60 bits per heavy atom. The minimum Gasteiger partial charge on any atom is -0.406 e. The Labute approximate surface area is 226 Å². The van der Waals surface area contributed by atoms with Gasteiger partial charge in [0, 0.05) is 23.2 Å². The van der Waals surface area contributed by atoms with Crippen molar-refractivity contribution in [2.45, 2.75) is 12.8 Å². The van der Waals surface area contributed by atoms with Gasteiger partial charge in [0.2, 0.25) is 0 Å². The molecule has 10 heteroatoms. The van der Waals surface area contributed by atoms with E-state index in [0.717, 1.165) is 11.1 Å². The van der Waals surface area contributed by atoms with Gasteiger partial charge in [0.1, 0.15) is 17.9 Å². The van der Waals surface area contributed by atoms with Crippen molar-refractivity contribution in [2.75, 3.05) is 6.54 Å². The van der Waals surface area contributed by atoms with Crippen LogP contribution in [0.1, 0.15) is 15.9 Å². The van der Waals surface area contributed by atoms with E-state index in [9.17, 15) is 22.4 Å². The predicted octanol–water partition coefficient (Wildman–Crippen LogP) is 6.61. The molecule has 4 aromatic carbocycles. The van der Waals surface area contributed by atoms with Gasteiger partial charge in [0.05, 0.1) is 5.69 Å². The van der Waals surface area contributed by atoms with E-state index in [2.05, 4.69) is 20.1 Å². The second-order valence-corrected chi connectivity index (χ2v) is 8.82. The van der Waals surface area contributed by atoms with Crippen LogP contribution in [0.15, 0.2) is 103 Å². The Morgan fingerprint density at radius 1 is 0.875 bits per heavy atom. The maximum Gasteiger partial charge on any atom is 0.573 e. The molecule has 0 saturated heterocycles. The van der Waals surface area contributed by atoms with Crippen molar-refractivity contribution in [1.82, 2.24) is 20.1 Å². The molecule has 5 rings (SSSR count). The van der Waals surface area contributed by atoms with E-state index in [4.69, 9.17) is 0 Å². The van der Waals surface area contributed by atoms with Crippen LogP contribution in [0.25, 0.3) is 28.2 Å². The van der Waals surface area contributed by atoms with Gasteiger partial charge in [-0.2, -0.15) is 0 Å². The molecule has 1 amide bonds. The molecule has 0 aliphatic carbocycles. The number of nitrogens with one attached hydrogen (secondary N) is 1. The molecule has 0 fully saturated rings. The Balaban J connectivity index is 1.17. The fourth-order valence-electron chi connectivity index (χ4n) is 4.07. The van der Waals surface area contributed by atoms with Crippen molar-refractivity contribution < 1.29 is 27.1 Å². The van der Waals surface area contributed by atoms with Gasteiger partial charge in [-0.25, -0.2) is 14.1 Å². The number of rotatable bonds is 8. The van der Waals surface area contributed by atoms with E-state index in [1.165, 1.54) is 47.4 Å². The van der Waals surface area contributed by atoms with Gasteiger partial charge in [-0.3, -0.25) is 4.79 Å². The van der Waals surface area contributed by atoms with Gasteiger partial charge in [0.15, 0.2) is 5.82 Å². The molecule has 0 spiro atoms. The first-order chi connectivity index (χ1) is 19.2. The van der Waals surface area contributed by atoms with E-state index in [0.29, 0.717) is 41.2 Å². The van der Waals surface area contributed by atoms with Crippen molar-refractivity contribution >= 4 is 5.91 Å². The summed E-state index contributed by atoms with van der Waals surface area (Å²) in [4.78, 5) is 16.9. The molecule has 1 N–H and O–H groups in total. The highest BCUT2D eigenvalue weighted by Gasteiger charge is 2.31. The maximum absolute atomic E-state index is 14.3. The molecule has 0 saturated carbocycles. The first-order valence-corrected chi connectivity index (χ1v) is 12.3. The van der Waals surface area contributed by atoms with E-state index < -0.39 is 12.2 Å². The summed E-state index contributed by atoms with van der Waals surface area (Å²) < 4.78 is 56.7. The lowest BCUT2D eigenvalue weighted by Gasteiger charge is -2.09. The number of benzene rings is 4. The number of halogens is 4. The zero-order chi connectivity index (χ0) is 28.1. The number of hydrogen-bond donors (Lipinski definition) is 1. The normalized spacial score (nSPS) is 11.3. The van der Waals surface area contributed by atoms with Crippen LogP contribution in [0.2, 0.25) is 0 Å². The summed E-state index contributed by atoms with van der Waals surface area (Å²) >= 11 is 0. The van der Waals surface area contributed by atoms with Crippen molar-refractivity contribution in [3.8, 4) is 34.0 Å². The third-order valence-corrected chi connectivity index (χ3v) is 6.05. The highest BCUT2D eigenvalue weighted by atomic mass is 19.4. The van der Waals surface area contributed by atoms with Crippen LogP contribution in [0.5, 0.6) is 5.75 Å². The van der Waals surface area contributed by atoms with E-state index in [1.807, 2.05) is 42.5 Å². The topological polar surface area (TPSA) is 69.0 Å². The molecule has 0 unspecified atom stereocenters. The van der Waals surface area contributed by atoms with Crippen molar-refractivity contribution in [2.24, 2.45) is 0 Å². The Morgan fingerprint density at radius 3 is 2.30 bits per heavy atom. The van der Waals surface area contributed by atoms with Crippen LogP contribution in [-0.4, -0.2) is 33.6 Å². The third-order valence-electron chi connectivity index (χ3n) is 6.05. The average Bonchev–Trinajstić information content (AvgIpc) is 3.44. The zero-order valence-corrected chi connectivity index (χ0v) is 20.9. The molecular formula is C30H22F4N4O2. The summed E-state index contributed by atoms with van der Waals surface area (Å²) in [5.41, 5.74) is 3.70. The molecule has 0 bridgehead atoms. The largest absolute Gasteiger partial charge is 0.573 e. The zero-order valence-electron chi connectivity index (χ0n) is 20.9. The minimum absolute atomic E-state index is 0.290. The Kier molecular flexibility index (Phi) is 7.59. The number of aromatic nitrogens is 3. The van der Waals surface area contributed by atoms with Gasteiger partial charge >= 0.3 is 6.36 Å². The lowest BCUT2D eigenvalue weighted by atomic mass is 10.0. The summed E-state index contributed by atoms with van der Waals surface area (Å²) in [6, 6.07) is 26.2. The fourth-order valence-corrected chi connectivity index (χ4v) is 4.07. The van der Waals surface area contributed by atoms with Crippen LogP contribution < -0.4 is 10.1 Å². The second kappa shape index (κ2) is 11.4. The molecule has 202 valence electrons. The maximum atomic E-state index is 14.3. The van der Waals surface area contributed by atoms with Gasteiger partial charge in [0.25, 0.3) is 5.91 Å². The number of amides is 1. The first kappa shape index (κ1) is 26.6. The average molecular weight is 547 g/mol. The highest BCUT2D eigenvalue weighted by molar-refractivity contribution is 5.95. The lowest BCUT2D eigenvalue weighted by Crippen LogP contribution is -2.25. The number of hydrogen-bond acceptors (Lipinski definition) is 4. The minimum atomic E-state index is -4.76. The molecule has 40 heavy (non-hydrogen) atoms. The monoisotopic (exact) mass is 546 g/mol. The van der Waals surface area contributed by atoms with Gasteiger partial charge < -0.3 is 10.1 Å². The smallest absolute Gasteiger partial charge is 0.406 e. The summed E-state index contributed by atoms with van der Waals surface area (Å²) in [6.45, 7) is 0.386. The van der Waals surface area contributed by atoms with E-state index in [1.54, 1.807) is 18.2 Å². The molecular weight excluding hydrogens is 524 g/mol. The lowest BCUT2D eigenvalue weighted by molar-refractivity contribution is -0.274. The summed E-state index contributed by atoms with van der Waals surface area (Å²) in [5.74, 6) is -0.559. The molecule has 1 heterocycles. The van der Waals surface area contributed by atoms with Gasteiger partial charge in [-0.05, 0) is 60.0 Å². The number of carbonyl (C=O) groups excluding carboxylic acids is 1. The molecule has 5 aromatic rings. The molecule has 1 aromatic heterocycles. The Hall–Kier alpha value is -4.99. The van der Waals surface area contributed by atoms with E-state index in [-0.39, 0.29) is 11.7 Å². The number of ether oxygens (including phenoxy) is 1. The van der Waals surface area contributed by atoms with Gasteiger partial charge in [-0.15, -0.1) is 18.3 Å². The third kappa shape index (κ3) is 6.52. The summed E-state index contributed by atoms with van der Waals surface area (Å²) in [6.07, 6.45) is -2.71. The number of nitrogens with zero attached hydrogens (tertiary/aromatic N) is 3.